The molecule has 2 rings (SSSR count). The van der Waals surface area contributed by atoms with Crippen molar-refractivity contribution < 1.29 is 8.78 Å². The van der Waals surface area contributed by atoms with Gasteiger partial charge in [-0.05, 0) is 30.2 Å². The summed E-state index contributed by atoms with van der Waals surface area (Å²) in [5.41, 5.74) is 1.77. The van der Waals surface area contributed by atoms with Crippen molar-refractivity contribution in [3.05, 3.63) is 35.3 Å². The van der Waals surface area contributed by atoms with Gasteiger partial charge in [-0.25, -0.2) is 8.78 Å². The summed E-state index contributed by atoms with van der Waals surface area (Å²) >= 11 is 0. The Kier molecular flexibility index (Phi) is 1.79. The van der Waals surface area contributed by atoms with Gasteiger partial charge in [-0.2, -0.15) is 0 Å². The smallest absolute Gasteiger partial charge is 0.147 e. The summed E-state index contributed by atoms with van der Waals surface area (Å²) in [6.45, 7) is 1.23. The molecule has 0 aliphatic rings. The molecule has 0 fully saturated rings. The van der Waals surface area contributed by atoms with Crippen LogP contribution in [0.3, 0.4) is 0 Å². The maximum Gasteiger partial charge on any atom is 0.147 e. The van der Waals surface area contributed by atoms with Gasteiger partial charge >= 0.3 is 0 Å². The number of rotatable bonds is 1. The van der Waals surface area contributed by atoms with Crippen molar-refractivity contribution in [2.75, 3.05) is 0 Å². The molecular formula is C10H9F2N. The number of aromatic amines is 1. The van der Waals surface area contributed by atoms with Crippen molar-refractivity contribution in [2.45, 2.75) is 13.6 Å². The molecule has 0 amide bonds. The van der Waals surface area contributed by atoms with Crippen LogP contribution in [0, 0.1) is 12.7 Å². The van der Waals surface area contributed by atoms with Gasteiger partial charge < -0.3 is 4.98 Å². The van der Waals surface area contributed by atoms with E-state index < -0.39 is 12.5 Å². The molecular weight excluding hydrogens is 172 g/mol. The largest absolute Gasteiger partial charge is 0.359 e. The van der Waals surface area contributed by atoms with E-state index in [1.807, 2.05) is 6.92 Å². The number of alkyl halides is 1. The number of aromatic nitrogens is 1. The van der Waals surface area contributed by atoms with Gasteiger partial charge in [-0.3, -0.25) is 0 Å². The summed E-state index contributed by atoms with van der Waals surface area (Å²) in [5, 5.41) is 0.757. The lowest BCUT2D eigenvalue weighted by atomic mass is 10.1. The van der Waals surface area contributed by atoms with Crippen LogP contribution in [0.2, 0.25) is 0 Å². The second-order valence-electron chi connectivity index (χ2n) is 3.11. The number of benzene rings is 1. The van der Waals surface area contributed by atoms with Crippen LogP contribution < -0.4 is 0 Å². The van der Waals surface area contributed by atoms with E-state index >= 15 is 0 Å². The Hall–Kier alpha value is -1.38. The van der Waals surface area contributed by atoms with Crippen LogP contribution in [0.25, 0.3) is 10.9 Å². The first kappa shape index (κ1) is 8.23. The lowest BCUT2D eigenvalue weighted by Crippen LogP contribution is -1.84. The molecule has 0 spiro atoms. The molecule has 0 aliphatic carbocycles. The van der Waals surface area contributed by atoms with Gasteiger partial charge in [-0.1, -0.05) is 0 Å². The minimum atomic E-state index is -0.627. The van der Waals surface area contributed by atoms with Gasteiger partial charge in [-0.15, -0.1) is 0 Å². The summed E-state index contributed by atoms with van der Waals surface area (Å²) in [6.07, 6.45) is 1.72. The fourth-order valence-electron chi connectivity index (χ4n) is 1.46. The van der Waals surface area contributed by atoms with Crippen LogP contribution in [-0.2, 0) is 6.67 Å². The number of aryl methyl sites for hydroxylation is 1. The molecule has 0 unspecified atom stereocenters. The molecule has 0 saturated heterocycles. The summed E-state index contributed by atoms with van der Waals surface area (Å²) in [5.74, 6) is -0.391. The average Bonchev–Trinajstić information content (AvgIpc) is 2.48. The first-order chi connectivity index (χ1) is 6.22. The summed E-state index contributed by atoms with van der Waals surface area (Å²) in [4.78, 5) is 2.81. The van der Waals surface area contributed by atoms with Crippen LogP contribution in [0.4, 0.5) is 8.78 Å². The Balaban J connectivity index is 2.80. The molecule has 1 heterocycles. The number of halogens is 2. The molecule has 0 saturated carbocycles. The monoisotopic (exact) mass is 181 g/mol. The van der Waals surface area contributed by atoms with Crippen molar-refractivity contribution in [3.63, 3.8) is 0 Å². The van der Waals surface area contributed by atoms with Gasteiger partial charge in [0.25, 0.3) is 0 Å². The van der Waals surface area contributed by atoms with Gasteiger partial charge in [0.15, 0.2) is 0 Å². The zero-order valence-electron chi connectivity index (χ0n) is 7.20. The number of hydrogen-bond donors (Lipinski definition) is 1. The van der Waals surface area contributed by atoms with E-state index in [0.29, 0.717) is 11.1 Å². The Morgan fingerprint density at radius 3 is 2.85 bits per heavy atom. The molecule has 1 N–H and O–H groups in total. The molecule has 0 atom stereocenters. The minimum absolute atomic E-state index is 0.382. The maximum absolute atomic E-state index is 13.2. The quantitative estimate of drug-likeness (QED) is 0.695. The second kappa shape index (κ2) is 2.83. The van der Waals surface area contributed by atoms with E-state index in [1.54, 1.807) is 12.3 Å². The molecule has 0 radical (unpaired) electrons. The second-order valence-corrected chi connectivity index (χ2v) is 3.11. The highest BCUT2D eigenvalue weighted by molar-refractivity contribution is 5.84. The van der Waals surface area contributed by atoms with Crippen molar-refractivity contribution in [3.8, 4) is 0 Å². The Morgan fingerprint density at radius 2 is 2.15 bits per heavy atom. The highest BCUT2D eigenvalue weighted by Crippen LogP contribution is 2.22. The zero-order valence-corrected chi connectivity index (χ0v) is 7.20. The Morgan fingerprint density at radius 1 is 1.38 bits per heavy atom. The lowest BCUT2D eigenvalue weighted by molar-refractivity contribution is 0.483. The van der Waals surface area contributed by atoms with Crippen LogP contribution in [0.15, 0.2) is 18.3 Å². The highest BCUT2D eigenvalue weighted by Gasteiger charge is 2.06. The van der Waals surface area contributed by atoms with E-state index in [2.05, 4.69) is 4.98 Å². The molecule has 13 heavy (non-hydrogen) atoms. The zero-order chi connectivity index (χ0) is 9.42. The molecule has 0 bridgehead atoms. The molecule has 3 heteroatoms. The third-order valence-electron chi connectivity index (χ3n) is 2.16. The van der Waals surface area contributed by atoms with E-state index in [4.69, 9.17) is 0 Å². The van der Waals surface area contributed by atoms with Crippen LogP contribution in [0.5, 0.6) is 0 Å². The van der Waals surface area contributed by atoms with Gasteiger partial charge in [0.1, 0.15) is 12.5 Å². The number of H-pyrrole nitrogens is 1. The predicted molar refractivity (Wildman–Crippen MR) is 47.8 cm³/mol. The Bertz CT molecular complexity index is 445. The summed E-state index contributed by atoms with van der Waals surface area (Å²) in [6, 6.07) is 2.89. The first-order valence-electron chi connectivity index (χ1n) is 4.04. The third kappa shape index (κ3) is 1.20. The first-order valence-corrected chi connectivity index (χ1v) is 4.04. The number of nitrogens with one attached hydrogen (secondary N) is 1. The summed E-state index contributed by atoms with van der Waals surface area (Å²) in [7, 11) is 0. The molecule has 0 aliphatic heterocycles. The van der Waals surface area contributed by atoms with Gasteiger partial charge in [0.2, 0.25) is 0 Å². The van der Waals surface area contributed by atoms with Crippen molar-refractivity contribution >= 4 is 10.9 Å². The van der Waals surface area contributed by atoms with Crippen molar-refractivity contribution in [1.82, 2.24) is 4.98 Å². The van der Waals surface area contributed by atoms with Crippen LogP contribution in [-0.4, -0.2) is 4.98 Å². The highest BCUT2D eigenvalue weighted by atomic mass is 19.1. The molecule has 2 aromatic rings. The fraction of sp³-hybridized carbons (Fsp3) is 0.200. The lowest BCUT2D eigenvalue weighted by Gasteiger charge is -1.97. The SMILES string of the molecule is Cc1c[nH]c2c(F)cc(CF)cc12. The number of fused-ring (bicyclic) bond motifs is 1. The minimum Gasteiger partial charge on any atom is -0.359 e. The fourth-order valence-corrected chi connectivity index (χ4v) is 1.46. The molecule has 68 valence electrons. The van der Waals surface area contributed by atoms with E-state index in [1.165, 1.54) is 6.07 Å². The maximum atomic E-state index is 13.2. The summed E-state index contributed by atoms with van der Waals surface area (Å²) < 4.78 is 25.5. The van der Waals surface area contributed by atoms with Crippen LogP contribution in [0.1, 0.15) is 11.1 Å². The normalized spacial score (nSPS) is 11.0. The Labute approximate surface area is 74.4 Å². The predicted octanol–water partition coefficient (Wildman–Crippen LogP) is 3.08. The van der Waals surface area contributed by atoms with Gasteiger partial charge in [0.05, 0.1) is 5.52 Å². The molecule has 1 aromatic heterocycles. The number of hydrogen-bond acceptors (Lipinski definition) is 0. The van der Waals surface area contributed by atoms with Crippen molar-refractivity contribution in [2.24, 2.45) is 0 Å². The van der Waals surface area contributed by atoms with E-state index in [-0.39, 0.29) is 0 Å². The van der Waals surface area contributed by atoms with E-state index in [9.17, 15) is 8.78 Å². The molecule has 1 nitrogen and oxygen atoms in total. The van der Waals surface area contributed by atoms with E-state index in [0.717, 1.165) is 10.9 Å². The van der Waals surface area contributed by atoms with Crippen molar-refractivity contribution in [1.29, 1.82) is 0 Å². The average molecular weight is 181 g/mol. The van der Waals surface area contributed by atoms with Crippen LogP contribution >= 0.6 is 0 Å². The van der Waals surface area contributed by atoms with Gasteiger partial charge in [0, 0.05) is 11.6 Å². The molecule has 1 aromatic carbocycles. The third-order valence-corrected chi connectivity index (χ3v) is 2.16. The topological polar surface area (TPSA) is 15.8 Å². The standard InChI is InChI=1S/C10H9F2N/c1-6-5-13-10-8(6)2-7(4-11)3-9(10)12/h2-3,5,13H,4H2,1H3.